The Bertz CT molecular complexity index is 1870. The number of alkyl halides is 6. The Hall–Kier alpha value is -3.95. The molecule has 1 aliphatic heterocycles. The average molecular weight is 747 g/mol. The first-order valence-electron chi connectivity index (χ1n) is 15.6. The Balaban J connectivity index is 1.49. The van der Waals surface area contributed by atoms with E-state index in [1.54, 1.807) is 22.6 Å². The van der Waals surface area contributed by atoms with Crippen LogP contribution in [0, 0.1) is 11.3 Å². The van der Waals surface area contributed by atoms with Gasteiger partial charge in [0.2, 0.25) is 5.95 Å². The molecular weight excluding hydrogens is 711 g/mol. The summed E-state index contributed by atoms with van der Waals surface area (Å²) in [5.41, 5.74) is 1.71. The molecule has 0 saturated carbocycles. The molecule has 2 aromatic carbocycles. The molecule has 0 unspecified atom stereocenters. The molecule has 0 radical (unpaired) electrons. The minimum absolute atomic E-state index is 0.0110. The van der Waals surface area contributed by atoms with Gasteiger partial charge in [-0.15, -0.1) is 13.2 Å². The van der Waals surface area contributed by atoms with Gasteiger partial charge < -0.3 is 25.6 Å². The van der Waals surface area contributed by atoms with Gasteiger partial charge in [-0.3, -0.25) is 9.36 Å². The van der Waals surface area contributed by atoms with E-state index in [2.05, 4.69) is 46.4 Å². The highest BCUT2D eigenvalue weighted by Crippen LogP contribution is 2.38. The number of carbonyl (C=O) groups excluding carboxylic acids is 1. The van der Waals surface area contributed by atoms with Crippen molar-refractivity contribution in [1.82, 2.24) is 19.9 Å². The number of nitrogens with zero attached hydrogens (tertiary/aromatic N) is 4. The van der Waals surface area contributed by atoms with Crippen molar-refractivity contribution in [2.45, 2.75) is 52.7 Å². The Kier molecular flexibility index (Phi) is 10.7. The van der Waals surface area contributed by atoms with E-state index in [0.717, 1.165) is 24.2 Å². The molecule has 0 spiro atoms. The number of hydrogen-bond acceptors (Lipinski definition) is 7. The quantitative estimate of drug-likeness (QED) is 0.147. The zero-order chi connectivity index (χ0) is 36.6. The molecule has 1 fully saturated rings. The molecule has 1 saturated heterocycles. The topological polar surface area (TPSA) is 96.3 Å². The lowest BCUT2D eigenvalue weighted by Gasteiger charge is -2.34. The Morgan fingerprint density at radius 2 is 1.70 bits per heavy atom. The van der Waals surface area contributed by atoms with Crippen LogP contribution in [0.4, 0.5) is 49.5 Å². The van der Waals surface area contributed by atoms with Gasteiger partial charge in [-0.25, -0.2) is 9.97 Å². The van der Waals surface area contributed by atoms with Crippen molar-refractivity contribution in [3.8, 4) is 5.75 Å². The molecule has 5 rings (SSSR count). The lowest BCUT2D eigenvalue weighted by atomic mass is 9.96. The third-order valence-electron chi connectivity index (χ3n) is 8.03. The fourth-order valence-corrected chi connectivity index (χ4v) is 6.07. The third-order valence-corrected chi connectivity index (χ3v) is 8.78. The van der Waals surface area contributed by atoms with Gasteiger partial charge in [0.1, 0.15) is 17.1 Å². The second kappa shape index (κ2) is 14.3. The Morgan fingerprint density at radius 3 is 2.34 bits per heavy atom. The van der Waals surface area contributed by atoms with Crippen LogP contribution >= 0.6 is 23.2 Å². The van der Waals surface area contributed by atoms with Gasteiger partial charge in [-0.2, -0.15) is 13.2 Å². The summed E-state index contributed by atoms with van der Waals surface area (Å²) in [7, 11) is 1.66. The SMILES string of the molecule is Cn1c(Nc2c(Cl)ccc(CNCC(C)(C)C)c2Cl)nc2cc(C(=O)Nc3cccc(OC(F)(F)F)c3)c(N3CCC(C(F)(F)F)CC3)nc21. The first-order valence-corrected chi connectivity index (χ1v) is 16.4. The second-order valence-corrected chi connectivity index (χ2v) is 14.0. The molecule has 17 heteroatoms. The number of benzene rings is 2. The fourth-order valence-electron chi connectivity index (χ4n) is 5.54. The summed E-state index contributed by atoms with van der Waals surface area (Å²) in [6, 6.07) is 9.64. The van der Waals surface area contributed by atoms with Gasteiger partial charge in [-0.05, 0) is 48.1 Å². The van der Waals surface area contributed by atoms with Crippen LogP contribution in [-0.2, 0) is 13.6 Å². The Labute approximate surface area is 294 Å². The summed E-state index contributed by atoms with van der Waals surface area (Å²) in [6.07, 6.45) is -9.73. The summed E-state index contributed by atoms with van der Waals surface area (Å²) in [6.45, 7) is 7.45. The number of anilines is 4. The van der Waals surface area contributed by atoms with Crippen LogP contribution < -0.4 is 25.6 Å². The van der Waals surface area contributed by atoms with Gasteiger partial charge in [0.05, 0.1) is 27.2 Å². The minimum atomic E-state index is -4.95. The largest absolute Gasteiger partial charge is 0.573 e. The zero-order valence-electron chi connectivity index (χ0n) is 27.5. The summed E-state index contributed by atoms with van der Waals surface area (Å²) < 4.78 is 84.4. The van der Waals surface area contributed by atoms with Crippen molar-refractivity contribution in [1.29, 1.82) is 0 Å². The number of carbonyl (C=O) groups is 1. The van der Waals surface area contributed by atoms with Crippen molar-refractivity contribution < 1.29 is 35.9 Å². The van der Waals surface area contributed by atoms with Crippen LogP contribution in [0.15, 0.2) is 42.5 Å². The predicted octanol–water partition coefficient (Wildman–Crippen LogP) is 9.08. The van der Waals surface area contributed by atoms with E-state index in [1.165, 1.54) is 18.2 Å². The molecular formula is C33H35Cl2F6N7O2. The highest BCUT2D eigenvalue weighted by Gasteiger charge is 2.42. The smallest absolute Gasteiger partial charge is 0.406 e. The van der Waals surface area contributed by atoms with E-state index in [4.69, 9.17) is 28.2 Å². The van der Waals surface area contributed by atoms with Crippen molar-refractivity contribution >= 4 is 63.4 Å². The van der Waals surface area contributed by atoms with E-state index < -0.39 is 30.1 Å². The molecule has 1 amide bonds. The van der Waals surface area contributed by atoms with Gasteiger partial charge in [0.15, 0.2) is 5.65 Å². The number of imidazole rings is 1. The molecule has 0 atom stereocenters. The molecule has 0 bridgehead atoms. The van der Waals surface area contributed by atoms with Crippen LogP contribution in [0.3, 0.4) is 0 Å². The maximum absolute atomic E-state index is 13.7. The van der Waals surface area contributed by atoms with Crippen molar-refractivity contribution in [3.05, 3.63) is 63.6 Å². The highest BCUT2D eigenvalue weighted by molar-refractivity contribution is 6.39. The van der Waals surface area contributed by atoms with E-state index in [-0.39, 0.29) is 59.9 Å². The number of hydrogen-bond donors (Lipinski definition) is 3. The minimum Gasteiger partial charge on any atom is -0.406 e. The van der Waals surface area contributed by atoms with Crippen LogP contribution in [0.25, 0.3) is 11.2 Å². The molecule has 0 aliphatic carbocycles. The number of aromatic nitrogens is 3. The van der Waals surface area contributed by atoms with E-state index in [0.29, 0.717) is 27.9 Å². The summed E-state index contributed by atoms with van der Waals surface area (Å²) >= 11 is 13.3. The second-order valence-electron chi connectivity index (χ2n) is 13.2. The number of rotatable bonds is 9. The number of ether oxygens (including phenoxy) is 1. The fraction of sp³-hybridized carbons (Fsp3) is 0.424. The zero-order valence-corrected chi connectivity index (χ0v) is 29.0. The number of amides is 1. The first-order chi connectivity index (χ1) is 23.3. The molecule has 50 heavy (non-hydrogen) atoms. The van der Waals surface area contributed by atoms with Crippen molar-refractivity contribution in [2.24, 2.45) is 18.4 Å². The number of halogens is 8. The van der Waals surface area contributed by atoms with E-state index >= 15 is 0 Å². The maximum Gasteiger partial charge on any atom is 0.573 e. The van der Waals surface area contributed by atoms with Gasteiger partial charge in [0.25, 0.3) is 5.91 Å². The average Bonchev–Trinajstić information content (AvgIpc) is 3.32. The number of piperidine rings is 1. The van der Waals surface area contributed by atoms with Crippen LogP contribution in [0.2, 0.25) is 10.0 Å². The summed E-state index contributed by atoms with van der Waals surface area (Å²) in [5.74, 6) is -2.47. The van der Waals surface area contributed by atoms with Gasteiger partial charge in [-0.1, -0.05) is 56.1 Å². The molecule has 3 heterocycles. The number of aryl methyl sites for hydroxylation is 1. The molecule has 4 aromatic rings. The highest BCUT2D eigenvalue weighted by atomic mass is 35.5. The molecule has 1 aliphatic rings. The monoisotopic (exact) mass is 745 g/mol. The van der Waals surface area contributed by atoms with Gasteiger partial charge in [0, 0.05) is 45.0 Å². The summed E-state index contributed by atoms with van der Waals surface area (Å²) in [4.78, 5) is 24.6. The van der Waals surface area contributed by atoms with E-state index in [1.807, 2.05) is 6.07 Å². The number of pyridine rings is 1. The molecule has 270 valence electrons. The maximum atomic E-state index is 13.7. The first kappa shape index (κ1) is 37.3. The third kappa shape index (κ3) is 9.04. The standard InChI is InChI=1S/C33H35Cl2F6N7O2/c1-31(2,3)17-42-16-18-8-9-23(34)26(25(18)35)45-30-44-24-15-22(29(49)43-20-6-5-7-21(14-20)50-33(39,40)41)27(46-28(24)47(30)4)48-12-10-19(11-13-48)32(36,37)38/h5-9,14-15,19,42H,10-13,16-17H2,1-4H3,(H,43,49)(H,44,45). The number of fused-ring (bicyclic) bond motifs is 1. The predicted molar refractivity (Wildman–Crippen MR) is 181 cm³/mol. The lowest BCUT2D eigenvalue weighted by Crippen LogP contribution is -2.40. The Morgan fingerprint density at radius 1 is 1.00 bits per heavy atom. The molecule has 2 aromatic heterocycles. The normalized spacial score (nSPS) is 14.7. The van der Waals surface area contributed by atoms with Crippen LogP contribution in [0.5, 0.6) is 5.75 Å². The molecule has 9 nitrogen and oxygen atoms in total. The van der Waals surface area contributed by atoms with E-state index in [9.17, 15) is 31.1 Å². The van der Waals surface area contributed by atoms with Crippen LogP contribution in [0.1, 0.15) is 49.5 Å². The van der Waals surface area contributed by atoms with Crippen molar-refractivity contribution in [3.63, 3.8) is 0 Å². The lowest BCUT2D eigenvalue weighted by molar-refractivity contribution is -0.274. The molecule has 3 N–H and O–H groups in total. The summed E-state index contributed by atoms with van der Waals surface area (Å²) in [5, 5.41) is 9.76. The van der Waals surface area contributed by atoms with Gasteiger partial charge >= 0.3 is 12.5 Å². The van der Waals surface area contributed by atoms with Crippen LogP contribution in [-0.4, -0.2) is 52.6 Å². The van der Waals surface area contributed by atoms with Crippen molar-refractivity contribution in [2.75, 3.05) is 35.2 Å². The number of nitrogens with one attached hydrogen (secondary N) is 3.